The fraction of sp³-hybridized carbons (Fsp3) is 0.875. The quantitative estimate of drug-likeness (QED) is 0.485. The molecule has 0 amide bonds. The summed E-state index contributed by atoms with van der Waals surface area (Å²) in [7, 11) is 0. The maximum Gasteiger partial charge on any atom is 0.0658 e. The van der Waals surface area contributed by atoms with E-state index < -0.39 is 0 Å². The Morgan fingerprint density at radius 3 is 2.44 bits per heavy atom. The second kappa shape index (κ2) is 2.87. The first-order valence-electron chi connectivity index (χ1n) is 3.74. The minimum atomic E-state index is 0.360. The van der Waals surface area contributed by atoms with Crippen molar-refractivity contribution in [1.82, 2.24) is 0 Å². The minimum Gasteiger partial charge on any atom is -0.198 e. The summed E-state index contributed by atoms with van der Waals surface area (Å²) >= 11 is 0. The molecule has 1 aliphatic rings. The van der Waals surface area contributed by atoms with Gasteiger partial charge in [-0.05, 0) is 18.8 Å². The summed E-state index contributed by atoms with van der Waals surface area (Å²) in [5.41, 5.74) is 0. The zero-order chi connectivity index (χ0) is 6.69. The van der Waals surface area contributed by atoms with Gasteiger partial charge in [-0.3, -0.25) is 0 Å². The van der Waals surface area contributed by atoms with E-state index in [-0.39, 0.29) is 0 Å². The van der Waals surface area contributed by atoms with E-state index in [0.29, 0.717) is 11.8 Å². The van der Waals surface area contributed by atoms with Gasteiger partial charge < -0.3 is 0 Å². The lowest BCUT2D eigenvalue weighted by Crippen LogP contribution is -2.14. The second-order valence-corrected chi connectivity index (χ2v) is 3.00. The predicted octanol–water partition coefficient (Wildman–Crippen LogP) is 2.34. The highest BCUT2D eigenvalue weighted by atomic mass is 14.3. The van der Waals surface area contributed by atoms with Crippen molar-refractivity contribution in [2.75, 3.05) is 0 Å². The number of hydrogen-bond acceptors (Lipinski definition) is 1. The Morgan fingerprint density at radius 2 is 2.00 bits per heavy atom. The summed E-state index contributed by atoms with van der Waals surface area (Å²) < 4.78 is 0. The molecule has 0 spiro atoms. The lowest BCUT2D eigenvalue weighted by atomic mass is 9.81. The van der Waals surface area contributed by atoms with Crippen LogP contribution in [-0.2, 0) is 0 Å². The lowest BCUT2D eigenvalue weighted by molar-refractivity contribution is 0.313. The van der Waals surface area contributed by atoms with Crippen LogP contribution in [0.1, 0.15) is 32.6 Å². The Kier molecular flexibility index (Phi) is 2.10. The van der Waals surface area contributed by atoms with Gasteiger partial charge in [0.1, 0.15) is 0 Å². The van der Waals surface area contributed by atoms with Gasteiger partial charge in [0.05, 0.1) is 6.07 Å². The third-order valence-corrected chi connectivity index (χ3v) is 2.28. The molecule has 0 N–H and O–H groups in total. The first-order valence-corrected chi connectivity index (χ1v) is 3.74. The molecule has 2 atom stereocenters. The molecule has 0 bridgehead atoms. The van der Waals surface area contributed by atoms with Gasteiger partial charge >= 0.3 is 0 Å². The van der Waals surface area contributed by atoms with Crippen molar-refractivity contribution in [3.05, 3.63) is 0 Å². The molecule has 0 aromatic heterocycles. The monoisotopic (exact) mass is 123 g/mol. The fourth-order valence-electron chi connectivity index (χ4n) is 1.51. The highest BCUT2D eigenvalue weighted by Gasteiger charge is 2.19. The number of rotatable bonds is 0. The molecular formula is C8H13N. The van der Waals surface area contributed by atoms with Crippen LogP contribution >= 0.6 is 0 Å². The van der Waals surface area contributed by atoms with Gasteiger partial charge in [0.25, 0.3) is 0 Å². The highest BCUT2D eigenvalue weighted by Crippen LogP contribution is 2.28. The highest BCUT2D eigenvalue weighted by molar-refractivity contribution is 4.88. The third kappa shape index (κ3) is 1.45. The molecule has 0 saturated heterocycles. The van der Waals surface area contributed by atoms with Crippen LogP contribution in [0.4, 0.5) is 0 Å². The van der Waals surface area contributed by atoms with Crippen LogP contribution in [0.5, 0.6) is 0 Å². The average molecular weight is 123 g/mol. The van der Waals surface area contributed by atoms with Crippen molar-refractivity contribution in [3.63, 3.8) is 0 Å². The zero-order valence-electron chi connectivity index (χ0n) is 5.93. The minimum absolute atomic E-state index is 0.360. The van der Waals surface area contributed by atoms with Crippen molar-refractivity contribution in [3.8, 4) is 6.07 Å². The van der Waals surface area contributed by atoms with E-state index in [1.165, 1.54) is 19.3 Å². The Bertz CT molecular complexity index is 123. The molecule has 50 valence electrons. The molecule has 1 nitrogen and oxygen atoms in total. The van der Waals surface area contributed by atoms with Crippen LogP contribution in [0.15, 0.2) is 0 Å². The van der Waals surface area contributed by atoms with Crippen molar-refractivity contribution < 1.29 is 0 Å². The summed E-state index contributed by atoms with van der Waals surface area (Å²) in [6.07, 6.45) is 5.00. The molecule has 1 heteroatoms. The largest absolute Gasteiger partial charge is 0.198 e. The van der Waals surface area contributed by atoms with Crippen LogP contribution < -0.4 is 0 Å². The molecule has 0 aromatic carbocycles. The standard InChI is InChI=1S/C8H13N/c1-7-4-2-3-5-8(7)6-9/h7-8H,2-5H2,1H3/t7?,8-/m1/s1. The third-order valence-electron chi connectivity index (χ3n) is 2.28. The van der Waals surface area contributed by atoms with E-state index in [0.717, 1.165) is 6.42 Å². The van der Waals surface area contributed by atoms with Crippen LogP contribution in [0.2, 0.25) is 0 Å². The Balaban J connectivity index is 2.41. The molecule has 1 aliphatic carbocycles. The first kappa shape index (κ1) is 6.61. The summed E-state index contributed by atoms with van der Waals surface area (Å²) in [4.78, 5) is 0. The molecule has 0 aliphatic heterocycles. The Labute approximate surface area is 56.7 Å². The van der Waals surface area contributed by atoms with Crippen molar-refractivity contribution in [2.24, 2.45) is 11.8 Å². The van der Waals surface area contributed by atoms with E-state index in [2.05, 4.69) is 13.0 Å². The van der Waals surface area contributed by atoms with Crippen LogP contribution in [-0.4, -0.2) is 0 Å². The normalized spacial score (nSPS) is 35.6. The van der Waals surface area contributed by atoms with Crippen LogP contribution in [0, 0.1) is 23.2 Å². The van der Waals surface area contributed by atoms with E-state index in [4.69, 9.17) is 5.26 Å². The molecule has 1 unspecified atom stereocenters. The molecular weight excluding hydrogens is 110 g/mol. The average Bonchev–Trinajstić information content (AvgIpc) is 1.89. The predicted molar refractivity (Wildman–Crippen MR) is 36.7 cm³/mol. The van der Waals surface area contributed by atoms with Crippen molar-refractivity contribution in [1.29, 1.82) is 5.26 Å². The van der Waals surface area contributed by atoms with Gasteiger partial charge in [0.2, 0.25) is 0 Å². The molecule has 0 heterocycles. The van der Waals surface area contributed by atoms with Gasteiger partial charge in [0.15, 0.2) is 0 Å². The Hall–Kier alpha value is -0.510. The van der Waals surface area contributed by atoms with E-state index in [9.17, 15) is 0 Å². The van der Waals surface area contributed by atoms with Crippen molar-refractivity contribution in [2.45, 2.75) is 32.6 Å². The van der Waals surface area contributed by atoms with Crippen LogP contribution in [0.25, 0.3) is 0 Å². The molecule has 1 fully saturated rings. The molecule has 1 saturated carbocycles. The summed E-state index contributed by atoms with van der Waals surface area (Å²) in [5.74, 6) is 1.02. The SMILES string of the molecule is CC1CCCC[C@@H]1C#N. The first-order chi connectivity index (χ1) is 4.34. The van der Waals surface area contributed by atoms with E-state index in [1.807, 2.05) is 0 Å². The van der Waals surface area contributed by atoms with E-state index in [1.54, 1.807) is 0 Å². The summed E-state index contributed by atoms with van der Waals surface area (Å²) in [6.45, 7) is 2.19. The molecule has 0 radical (unpaired) electrons. The second-order valence-electron chi connectivity index (χ2n) is 3.00. The van der Waals surface area contributed by atoms with Gasteiger partial charge in [0, 0.05) is 5.92 Å². The summed E-state index contributed by atoms with van der Waals surface area (Å²) in [5, 5.41) is 8.61. The van der Waals surface area contributed by atoms with Gasteiger partial charge in [-0.1, -0.05) is 19.8 Å². The van der Waals surface area contributed by atoms with E-state index >= 15 is 0 Å². The molecule has 0 aromatic rings. The number of nitrogens with zero attached hydrogens (tertiary/aromatic N) is 1. The van der Waals surface area contributed by atoms with Gasteiger partial charge in [-0.2, -0.15) is 5.26 Å². The number of hydrogen-bond donors (Lipinski definition) is 0. The fourth-order valence-corrected chi connectivity index (χ4v) is 1.51. The maximum atomic E-state index is 8.61. The smallest absolute Gasteiger partial charge is 0.0658 e. The zero-order valence-corrected chi connectivity index (χ0v) is 5.93. The molecule has 1 rings (SSSR count). The molecule has 9 heavy (non-hydrogen) atoms. The summed E-state index contributed by atoms with van der Waals surface area (Å²) in [6, 6.07) is 2.35. The Morgan fingerprint density at radius 1 is 1.33 bits per heavy atom. The topological polar surface area (TPSA) is 23.8 Å². The maximum absolute atomic E-state index is 8.61. The lowest BCUT2D eigenvalue weighted by Gasteiger charge is -2.22. The van der Waals surface area contributed by atoms with Gasteiger partial charge in [-0.25, -0.2) is 0 Å². The number of nitriles is 1. The van der Waals surface area contributed by atoms with Crippen molar-refractivity contribution >= 4 is 0 Å². The van der Waals surface area contributed by atoms with Gasteiger partial charge in [-0.15, -0.1) is 0 Å². The van der Waals surface area contributed by atoms with Crippen LogP contribution in [0.3, 0.4) is 0 Å².